The molecule has 2 saturated heterocycles. The van der Waals surface area contributed by atoms with Gasteiger partial charge in [-0.1, -0.05) is 16.8 Å². The first-order valence-electron chi connectivity index (χ1n) is 10.5. The second kappa shape index (κ2) is 8.84. The molecule has 2 aliphatic heterocycles. The average molecular weight is 481 g/mol. The van der Waals surface area contributed by atoms with Crippen LogP contribution in [0.1, 0.15) is 37.1 Å². The molecule has 1 atom stereocenters. The minimum atomic E-state index is -3.82. The van der Waals surface area contributed by atoms with Crippen molar-refractivity contribution in [1.29, 1.82) is 0 Å². The lowest BCUT2D eigenvalue weighted by molar-refractivity contribution is -0.121. The third-order valence-corrected chi connectivity index (χ3v) is 8.35. The van der Waals surface area contributed by atoms with E-state index in [4.69, 9.17) is 16.1 Å². The molecule has 3 heterocycles. The van der Waals surface area contributed by atoms with Gasteiger partial charge in [0.1, 0.15) is 10.6 Å². The van der Waals surface area contributed by atoms with Gasteiger partial charge in [-0.3, -0.25) is 9.59 Å². The molecule has 1 unspecified atom stereocenters. The van der Waals surface area contributed by atoms with E-state index in [1.165, 1.54) is 4.31 Å². The number of aryl methyl sites for hydroxylation is 2. The zero-order valence-electron chi connectivity index (χ0n) is 17.9. The SMILES string of the molecule is Cc1noc(C)c1S(=O)(=O)N1CCCC(C(=O)Nc2cc(N3CCCC3=O)ccc2Cl)C1. The number of carbonyl (C=O) groups excluding carboxylic acids is 2. The number of benzene rings is 1. The first-order chi connectivity index (χ1) is 15.2. The number of sulfonamides is 1. The van der Waals surface area contributed by atoms with Crippen LogP contribution in [0.4, 0.5) is 11.4 Å². The predicted octanol–water partition coefficient (Wildman–Crippen LogP) is 3.11. The molecule has 0 saturated carbocycles. The van der Waals surface area contributed by atoms with Gasteiger partial charge in [0.25, 0.3) is 0 Å². The third kappa shape index (κ3) is 4.26. The molecule has 2 aliphatic rings. The van der Waals surface area contributed by atoms with Gasteiger partial charge in [-0.2, -0.15) is 4.31 Å². The fourth-order valence-corrected chi connectivity index (χ4v) is 6.26. The summed E-state index contributed by atoms with van der Waals surface area (Å²) in [6, 6.07) is 5.08. The van der Waals surface area contributed by atoms with Gasteiger partial charge < -0.3 is 14.7 Å². The summed E-state index contributed by atoms with van der Waals surface area (Å²) in [5.74, 6) is -0.575. The van der Waals surface area contributed by atoms with Crippen LogP contribution in [0.15, 0.2) is 27.6 Å². The van der Waals surface area contributed by atoms with Gasteiger partial charge in [-0.05, 0) is 51.3 Å². The molecule has 2 fully saturated rings. The number of amides is 2. The van der Waals surface area contributed by atoms with Gasteiger partial charge in [0, 0.05) is 31.7 Å². The summed E-state index contributed by atoms with van der Waals surface area (Å²) in [4.78, 5) is 26.8. The average Bonchev–Trinajstić information content (AvgIpc) is 3.34. The Morgan fingerprint density at radius 3 is 2.69 bits per heavy atom. The van der Waals surface area contributed by atoms with E-state index in [1.807, 2.05) is 0 Å². The number of piperidine rings is 1. The van der Waals surface area contributed by atoms with Crippen LogP contribution in [0.3, 0.4) is 0 Å². The smallest absolute Gasteiger partial charge is 0.248 e. The van der Waals surface area contributed by atoms with Crippen LogP contribution in [0.5, 0.6) is 0 Å². The van der Waals surface area contributed by atoms with Crippen LogP contribution in [-0.4, -0.2) is 49.3 Å². The van der Waals surface area contributed by atoms with Crippen molar-refractivity contribution in [2.75, 3.05) is 29.9 Å². The lowest BCUT2D eigenvalue weighted by Gasteiger charge is -2.31. The Morgan fingerprint density at radius 2 is 2.03 bits per heavy atom. The Bertz CT molecular complexity index is 1140. The molecule has 0 spiro atoms. The molecule has 4 rings (SSSR count). The highest BCUT2D eigenvalue weighted by atomic mass is 35.5. The fraction of sp³-hybridized carbons (Fsp3) is 0.476. The summed E-state index contributed by atoms with van der Waals surface area (Å²) in [6.07, 6.45) is 2.40. The predicted molar refractivity (Wildman–Crippen MR) is 119 cm³/mol. The number of nitrogens with one attached hydrogen (secondary N) is 1. The first kappa shape index (κ1) is 22.8. The molecule has 11 heteroatoms. The molecule has 1 aromatic carbocycles. The third-order valence-electron chi connectivity index (χ3n) is 5.91. The summed E-state index contributed by atoms with van der Waals surface area (Å²) in [5, 5.41) is 6.92. The van der Waals surface area contributed by atoms with Crippen LogP contribution >= 0.6 is 11.6 Å². The van der Waals surface area contributed by atoms with Crippen LogP contribution < -0.4 is 10.2 Å². The number of rotatable bonds is 5. The molecule has 9 nitrogen and oxygen atoms in total. The van der Waals surface area contributed by atoms with Gasteiger partial charge >= 0.3 is 0 Å². The molecule has 32 heavy (non-hydrogen) atoms. The van der Waals surface area contributed by atoms with Crippen molar-refractivity contribution in [2.24, 2.45) is 5.92 Å². The van der Waals surface area contributed by atoms with Crippen LogP contribution in [-0.2, 0) is 19.6 Å². The largest absolute Gasteiger partial charge is 0.360 e. The Kier molecular flexibility index (Phi) is 6.28. The van der Waals surface area contributed by atoms with Crippen LogP contribution in [0.25, 0.3) is 0 Å². The van der Waals surface area contributed by atoms with Crippen LogP contribution in [0.2, 0.25) is 5.02 Å². The summed E-state index contributed by atoms with van der Waals surface area (Å²) in [6.45, 7) is 4.15. The van der Waals surface area contributed by atoms with Crippen molar-refractivity contribution >= 4 is 44.8 Å². The standard InChI is InChI=1S/C21H25ClN4O5S/c1-13-20(14(2)31-24-13)32(29,30)25-9-3-5-15(12-25)21(28)23-18-11-16(7-8-17(18)22)26-10-4-6-19(26)27/h7-8,11,15H,3-6,9-10,12H2,1-2H3,(H,23,28). The summed E-state index contributed by atoms with van der Waals surface area (Å²) in [7, 11) is -3.82. The first-order valence-corrected chi connectivity index (χ1v) is 12.3. The molecule has 0 bridgehead atoms. The highest BCUT2D eigenvalue weighted by Gasteiger charge is 2.36. The van der Waals surface area contributed by atoms with Crippen LogP contribution in [0, 0.1) is 19.8 Å². The van der Waals surface area contributed by atoms with Crippen molar-refractivity contribution < 1.29 is 22.5 Å². The van der Waals surface area contributed by atoms with E-state index in [9.17, 15) is 18.0 Å². The molecule has 2 aromatic rings. The topological polar surface area (TPSA) is 113 Å². The molecule has 0 aliphatic carbocycles. The van der Waals surface area contributed by atoms with Crippen molar-refractivity contribution in [1.82, 2.24) is 9.46 Å². The zero-order valence-corrected chi connectivity index (χ0v) is 19.5. The van der Waals surface area contributed by atoms with Crippen molar-refractivity contribution in [2.45, 2.75) is 44.4 Å². The molecule has 1 aromatic heterocycles. The number of hydrogen-bond acceptors (Lipinski definition) is 6. The van der Waals surface area contributed by atoms with Gasteiger partial charge in [-0.15, -0.1) is 0 Å². The Morgan fingerprint density at radius 1 is 1.25 bits per heavy atom. The van der Waals surface area contributed by atoms with E-state index in [0.29, 0.717) is 54.4 Å². The molecule has 1 N–H and O–H groups in total. The summed E-state index contributed by atoms with van der Waals surface area (Å²) in [5.41, 5.74) is 1.38. The number of hydrogen-bond donors (Lipinski definition) is 1. The van der Waals surface area contributed by atoms with E-state index < -0.39 is 15.9 Å². The number of aromatic nitrogens is 1. The summed E-state index contributed by atoms with van der Waals surface area (Å²) >= 11 is 6.28. The lowest BCUT2D eigenvalue weighted by Crippen LogP contribution is -2.44. The maximum absolute atomic E-state index is 13.1. The van der Waals surface area contributed by atoms with Gasteiger partial charge in [0.15, 0.2) is 5.76 Å². The van der Waals surface area contributed by atoms with Crippen molar-refractivity contribution in [3.05, 3.63) is 34.7 Å². The Labute approximate surface area is 191 Å². The summed E-state index contributed by atoms with van der Waals surface area (Å²) < 4.78 is 32.6. The van der Waals surface area contributed by atoms with E-state index in [2.05, 4.69) is 10.5 Å². The molecule has 172 valence electrons. The fourth-order valence-electron chi connectivity index (χ4n) is 4.28. The molecular weight excluding hydrogens is 456 g/mol. The lowest BCUT2D eigenvalue weighted by atomic mass is 9.98. The highest BCUT2D eigenvalue weighted by molar-refractivity contribution is 7.89. The monoisotopic (exact) mass is 480 g/mol. The van der Waals surface area contributed by atoms with Crippen molar-refractivity contribution in [3.63, 3.8) is 0 Å². The number of carbonyl (C=O) groups is 2. The number of anilines is 2. The number of halogens is 1. The second-order valence-corrected chi connectivity index (χ2v) is 10.4. The maximum atomic E-state index is 13.1. The maximum Gasteiger partial charge on any atom is 0.248 e. The quantitative estimate of drug-likeness (QED) is 0.703. The van der Waals surface area contributed by atoms with Gasteiger partial charge in [-0.25, -0.2) is 8.42 Å². The minimum absolute atomic E-state index is 0.0389. The molecular formula is C21H25ClN4O5S. The Hall–Kier alpha value is -2.43. The van der Waals surface area contributed by atoms with Gasteiger partial charge in [0.05, 0.1) is 16.6 Å². The van der Waals surface area contributed by atoms with Crippen molar-refractivity contribution in [3.8, 4) is 0 Å². The molecule has 2 amide bonds. The van der Waals surface area contributed by atoms with E-state index >= 15 is 0 Å². The Balaban J connectivity index is 1.50. The second-order valence-electron chi connectivity index (χ2n) is 8.16. The number of nitrogens with zero attached hydrogens (tertiary/aromatic N) is 3. The van der Waals surface area contributed by atoms with E-state index in [-0.39, 0.29) is 29.0 Å². The van der Waals surface area contributed by atoms with Gasteiger partial charge in [0.2, 0.25) is 21.8 Å². The zero-order chi connectivity index (χ0) is 23.0. The minimum Gasteiger partial charge on any atom is -0.360 e. The molecule has 0 radical (unpaired) electrons. The normalized spacial score (nSPS) is 20.0. The highest BCUT2D eigenvalue weighted by Crippen LogP contribution is 2.32. The van der Waals surface area contributed by atoms with E-state index in [1.54, 1.807) is 36.9 Å². The van der Waals surface area contributed by atoms with E-state index in [0.717, 1.165) is 6.42 Å².